The molecule has 1 heterocycles. The van der Waals surface area contributed by atoms with Crippen LogP contribution in [0.15, 0.2) is 18.2 Å². The van der Waals surface area contributed by atoms with Crippen LogP contribution in [0.3, 0.4) is 0 Å². The Labute approximate surface area is 91.3 Å². The molecule has 0 saturated heterocycles. The average Bonchev–Trinajstić information content (AvgIpc) is 2.44. The number of anilines is 1. The Morgan fingerprint density at radius 1 is 1.38 bits per heavy atom. The van der Waals surface area contributed by atoms with Crippen molar-refractivity contribution in [2.24, 2.45) is 0 Å². The smallest absolute Gasteiger partial charge is 0.323 e. The van der Waals surface area contributed by atoms with Crippen LogP contribution in [0.25, 0.3) is 0 Å². The van der Waals surface area contributed by atoms with Crippen LogP contribution in [-0.2, 0) is 9.59 Å². The first-order valence-corrected chi connectivity index (χ1v) is 4.70. The molecule has 0 atom stereocenters. The maximum atomic E-state index is 11.6. The number of carbonyl (C=O) groups excluding carboxylic acids is 2. The minimum absolute atomic E-state index is 0.314. The summed E-state index contributed by atoms with van der Waals surface area (Å²) in [4.78, 5) is 34.8. The molecule has 82 valence electrons. The van der Waals surface area contributed by atoms with E-state index in [1.54, 1.807) is 25.1 Å². The van der Waals surface area contributed by atoms with Crippen LogP contribution in [-0.4, -0.2) is 29.3 Å². The number of aliphatic carboxylic acids is 1. The number of carbonyl (C=O) groups is 3. The summed E-state index contributed by atoms with van der Waals surface area (Å²) in [6.07, 6.45) is 0. The first-order valence-electron chi connectivity index (χ1n) is 4.70. The normalized spacial score (nSPS) is 14.2. The highest BCUT2D eigenvalue weighted by atomic mass is 16.4. The van der Waals surface area contributed by atoms with Gasteiger partial charge < -0.3 is 5.11 Å². The number of amides is 1. The fourth-order valence-electron chi connectivity index (χ4n) is 1.80. The summed E-state index contributed by atoms with van der Waals surface area (Å²) in [5.41, 5.74) is 1.38. The highest BCUT2D eigenvalue weighted by Crippen LogP contribution is 2.30. The number of hydrogen-bond donors (Lipinski definition) is 1. The largest absolute Gasteiger partial charge is 0.480 e. The van der Waals surface area contributed by atoms with Gasteiger partial charge in [0.1, 0.15) is 6.54 Å². The second-order valence-corrected chi connectivity index (χ2v) is 3.58. The topological polar surface area (TPSA) is 74.7 Å². The number of nitrogens with zero attached hydrogens (tertiary/aromatic N) is 1. The summed E-state index contributed by atoms with van der Waals surface area (Å²) in [6, 6.07) is 4.98. The maximum Gasteiger partial charge on any atom is 0.323 e. The number of rotatable bonds is 2. The third kappa shape index (κ3) is 1.37. The standard InChI is InChI=1S/C11H9NO4/c1-6-3-2-4-7-9(6)10(15)11(16)12(7)5-8(13)14/h2-4H,5H2,1H3,(H,13,14). The molecule has 0 saturated carbocycles. The molecular weight excluding hydrogens is 210 g/mol. The molecule has 0 bridgehead atoms. The van der Waals surface area contributed by atoms with Crippen molar-refractivity contribution in [1.29, 1.82) is 0 Å². The van der Waals surface area contributed by atoms with Gasteiger partial charge in [0.2, 0.25) is 0 Å². The summed E-state index contributed by atoms with van der Waals surface area (Å²) < 4.78 is 0. The molecule has 1 aliphatic heterocycles. The molecule has 0 unspecified atom stereocenters. The number of Topliss-reactive ketones (excluding diaryl/α,β-unsaturated/α-hetero) is 1. The summed E-state index contributed by atoms with van der Waals surface area (Å²) in [5, 5.41) is 8.67. The minimum Gasteiger partial charge on any atom is -0.480 e. The van der Waals surface area contributed by atoms with Crippen LogP contribution >= 0.6 is 0 Å². The van der Waals surface area contributed by atoms with E-state index in [-0.39, 0.29) is 0 Å². The lowest BCUT2D eigenvalue weighted by molar-refractivity contribution is -0.136. The molecule has 1 aromatic carbocycles. The van der Waals surface area contributed by atoms with Crippen molar-refractivity contribution in [3.8, 4) is 0 Å². The predicted molar refractivity (Wildman–Crippen MR) is 55.5 cm³/mol. The Morgan fingerprint density at radius 3 is 2.69 bits per heavy atom. The van der Waals surface area contributed by atoms with Gasteiger partial charge in [-0.1, -0.05) is 12.1 Å². The second-order valence-electron chi connectivity index (χ2n) is 3.58. The van der Waals surface area contributed by atoms with Crippen molar-refractivity contribution in [3.63, 3.8) is 0 Å². The minimum atomic E-state index is -1.14. The van der Waals surface area contributed by atoms with Gasteiger partial charge in [0.15, 0.2) is 0 Å². The zero-order valence-corrected chi connectivity index (χ0v) is 8.56. The van der Waals surface area contributed by atoms with Crippen molar-refractivity contribution in [2.75, 3.05) is 11.4 Å². The Balaban J connectivity index is 2.54. The summed E-state index contributed by atoms with van der Waals surface area (Å²) in [6.45, 7) is 1.23. The van der Waals surface area contributed by atoms with E-state index in [4.69, 9.17) is 5.11 Å². The monoisotopic (exact) mass is 219 g/mol. The zero-order valence-electron chi connectivity index (χ0n) is 8.56. The maximum absolute atomic E-state index is 11.6. The summed E-state index contributed by atoms with van der Waals surface area (Å²) in [7, 11) is 0. The van der Waals surface area contributed by atoms with Crippen molar-refractivity contribution in [3.05, 3.63) is 29.3 Å². The molecule has 1 N–H and O–H groups in total. The van der Waals surface area contributed by atoms with Crippen molar-refractivity contribution >= 4 is 23.3 Å². The lowest BCUT2D eigenvalue weighted by Gasteiger charge is -2.13. The first kappa shape index (κ1) is 10.4. The van der Waals surface area contributed by atoms with E-state index < -0.39 is 24.2 Å². The number of aryl methyl sites for hydroxylation is 1. The van der Waals surface area contributed by atoms with Crippen LogP contribution in [0.4, 0.5) is 5.69 Å². The van der Waals surface area contributed by atoms with Gasteiger partial charge >= 0.3 is 5.97 Å². The van der Waals surface area contributed by atoms with E-state index in [9.17, 15) is 14.4 Å². The van der Waals surface area contributed by atoms with Gasteiger partial charge in [-0.25, -0.2) is 0 Å². The van der Waals surface area contributed by atoms with E-state index >= 15 is 0 Å². The Hall–Kier alpha value is -2.17. The molecular formula is C11H9NO4. The zero-order chi connectivity index (χ0) is 11.9. The van der Waals surface area contributed by atoms with Crippen LogP contribution in [0.1, 0.15) is 15.9 Å². The number of fused-ring (bicyclic) bond motifs is 1. The molecule has 5 heteroatoms. The summed E-state index contributed by atoms with van der Waals surface area (Å²) >= 11 is 0. The van der Waals surface area contributed by atoms with E-state index in [1.807, 2.05) is 0 Å². The second kappa shape index (κ2) is 3.44. The quantitative estimate of drug-likeness (QED) is 0.739. The fourth-order valence-corrected chi connectivity index (χ4v) is 1.80. The van der Waals surface area contributed by atoms with E-state index in [1.165, 1.54) is 0 Å². The molecule has 5 nitrogen and oxygen atoms in total. The number of carboxylic acid groups (broad SMARTS) is 1. The molecule has 0 fully saturated rings. The lowest BCUT2D eigenvalue weighted by Crippen LogP contribution is -2.34. The molecule has 1 amide bonds. The Kier molecular flexibility index (Phi) is 2.23. The van der Waals surface area contributed by atoms with Gasteiger partial charge in [0.05, 0.1) is 11.3 Å². The van der Waals surface area contributed by atoms with Crippen LogP contribution in [0.2, 0.25) is 0 Å². The van der Waals surface area contributed by atoms with Crippen molar-refractivity contribution < 1.29 is 19.5 Å². The van der Waals surface area contributed by atoms with Crippen LogP contribution in [0, 0.1) is 6.92 Å². The highest BCUT2D eigenvalue weighted by molar-refractivity contribution is 6.52. The van der Waals surface area contributed by atoms with E-state index in [2.05, 4.69) is 0 Å². The molecule has 0 aromatic heterocycles. The van der Waals surface area contributed by atoms with Gasteiger partial charge in [0, 0.05) is 0 Å². The van der Waals surface area contributed by atoms with Crippen LogP contribution < -0.4 is 4.90 Å². The van der Waals surface area contributed by atoms with Gasteiger partial charge in [-0.05, 0) is 18.6 Å². The van der Waals surface area contributed by atoms with Gasteiger partial charge in [0.25, 0.3) is 11.7 Å². The summed E-state index contributed by atoms with van der Waals surface area (Å²) in [5.74, 6) is -2.54. The first-order chi connectivity index (χ1) is 7.52. The molecule has 0 aliphatic carbocycles. The number of ketones is 1. The number of benzene rings is 1. The fraction of sp³-hybridized carbons (Fsp3) is 0.182. The highest BCUT2D eigenvalue weighted by Gasteiger charge is 2.37. The molecule has 2 rings (SSSR count). The lowest BCUT2D eigenvalue weighted by atomic mass is 10.1. The third-order valence-corrected chi connectivity index (χ3v) is 2.50. The van der Waals surface area contributed by atoms with Crippen molar-refractivity contribution in [2.45, 2.75) is 6.92 Å². The SMILES string of the molecule is Cc1cccc2c1C(=O)C(=O)N2CC(=O)O. The van der Waals surface area contributed by atoms with E-state index in [0.717, 1.165) is 4.90 Å². The van der Waals surface area contributed by atoms with Crippen LogP contribution in [0.5, 0.6) is 0 Å². The molecule has 0 radical (unpaired) electrons. The Bertz CT molecular complexity index is 507. The third-order valence-electron chi connectivity index (χ3n) is 2.50. The molecule has 16 heavy (non-hydrogen) atoms. The van der Waals surface area contributed by atoms with Gasteiger partial charge in [-0.15, -0.1) is 0 Å². The average molecular weight is 219 g/mol. The van der Waals surface area contributed by atoms with Gasteiger partial charge in [-0.2, -0.15) is 0 Å². The molecule has 1 aliphatic rings. The Morgan fingerprint density at radius 2 is 2.06 bits per heavy atom. The predicted octanol–water partition coefficient (Wildman–Crippen LogP) is 0.609. The van der Waals surface area contributed by atoms with Gasteiger partial charge in [-0.3, -0.25) is 19.3 Å². The van der Waals surface area contributed by atoms with Crippen molar-refractivity contribution in [1.82, 2.24) is 0 Å². The number of carboxylic acids is 1. The molecule has 1 aromatic rings. The molecule has 0 spiro atoms. The van der Waals surface area contributed by atoms with E-state index in [0.29, 0.717) is 16.8 Å². The number of hydrogen-bond acceptors (Lipinski definition) is 3.